The van der Waals surface area contributed by atoms with E-state index in [1.165, 1.54) is 12.8 Å². The van der Waals surface area contributed by atoms with Gasteiger partial charge in [0.2, 0.25) is 0 Å². The molecule has 4 nitrogen and oxygen atoms in total. The lowest BCUT2D eigenvalue weighted by atomic mass is 10.1. The molecule has 0 aliphatic carbocycles. The third-order valence-electron chi connectivity index (χ3n) is 2.86. The van der Waals surface area contributed by atoms with Gasteiger partial charge in [0.05, 0.1) is 5.69 Å². The average molecular weight is 224 g/mol. The number of hydrogen-bond acceptors (Lipinski definition) is 4. The van der Waals surface area contributed by atoms with Gasteiger partial charge in [-0.3, -0.25) is 0 Å². The van der Waals surface area contributed by atoms with Crippen LogP contribution in [0.3, 0.4) is 0 Å². The summed E-state index contributed by atoms with van der Waals surface area (Å²) in [5.74, 6) is 0.920. The Labute approximate surface area is 96.4 Å². The Kier molecular flexibility index (Phi) is 4.36. The minimum absolute atomic E-state index is 0.120. The maximum absolute atomic E-state index is 5.71. The Hall–Kier alpha value is -0.870. The number of ether oxygens (including phenoxy) is 1. The summed E-state index contributed by atoms with van der Waals surface area (Å²) in [6.07, 6.45) is 6.20. The number of aromatic nitrogens is 1. The predicted molar refractivity (Wildman–Crippen MR) is 61.0 cm³/mol. The molecule has 90 valence electrons. The van der Waals surface area contributed by atoms with Gasteiger partial charge in [-0.1, -0.05) is 6.92 Å². The summed E-state index contributed by atoms with van der Waals surface area (Å²) in [6, 6.07) is 0. The highest BCUT2D eigenvalue weighted by Gasteiger charge is 2.22. The highest BCUT2D eigenvalue weighted by molar-refractivity contribution is 5.10. The standard InChI is InChI=1S/C12H20N2O2/c1-2-6-13-8-10-12(16-9-14-10)11-5-3-4-7-15-11/h9,11,13H,2-8H2,1H3. The summed E-state index contributed by atoms with van der Waals surface area (Å²) in [6.45, 7) is 4.78. The van der Waals surface area contributed by atoms with E-state index in [1.54, 1.807) is 0 Å². The molecule has 2 heterocycles. The molecule has 16 heavy (non-hydrogen) atoms. The number of rotatable bonds is 5. The fourth-order valence-electron chi connectivity index (χ4n) is 2.00. The molecule has 1 N–H and O–H groups in total. The molecule has 1 unspecified atom stereocenters. The minimum atomic E-state index is 0.120. The lowest BCUT2D eigenvalue weighted by Crippen LogP contribution is -2.18. The molecule has 1 aliphatic rings. The molecule has 0 bridgehead atoms. The van der Waals surface area contributed by atoms with Crippen molar-refractivity contribution in [2.24, 2.45) is 0 Å². The normalized spacial score (nSPS) is 21.2. The van der Waals surface area contributed by atoms with Gasteiger partial charge in [0.1, 0.15) is 6.10 Å². The molecule has 0 amide bonds. The molecule has 0 spiro atoms. The van der Waals surface area contributed by atoms with Crippen molar-refractivity contribution in [1.29, 1.82) is 0 Å². The Bertz CT molecular complexity index is 306. The van der Waals surface area contributed by atoms with Crippen LogP contribution in [0.4, 0.5) is 0 Å². The smallest absolute Gasteiger partial charge is 0.181 e. The fraction of sp³-hybridized carbons (Fsp3) is 0.750. The van der Waals surface area contributed by atoms with Gasteiger partial charge in [-0.05, 0) is 32.2 Å². The largest absolute Gasteiger partial charge is 0.445 e. The predicted octanol–water partition coefficient (Wildman–Crippen LogP) is 2.42. The zero-order valence-corrected chi connectivity index (χ0v) is 9.87. The number of hydrogen-bond donors (Lipinski definition) is 1. The van der Waals surface area contributed by atoms with Crippen molar-refractivity contribution in [3.8, 4) is 0 Å². The molecule has 1 aromatic rings. The van der Waals surface area contributed by atoms with Gasteiger partial charge in [-0.15, -0.1) is 0 Å². The van der Waals surface area contributed by atoms with Crippen LogP contribution in [0.1, 0.15) is 50.2 Å². The molecule has 1 saturated heterocycles. The van der Waals surface area contributed by atoms with Gasteiger partial charge < -0.3 is 14.5 Å². The molecule has 0 radical (unpaired) electrons. The monoisotopic (exact) mass is 224 g/mol. The van der Waals surface area contributed by atoms with E-state index in [0.29, 0.717) is 0 Å². The first kappa shape index (κ1) is 11.6. The zero-order valence-electron chi connectivity index (χ0n) is 9.87. The topological polar surface area (TPSA) is 47.3 Å². The maximum atomic E-state index is 5.71. The molecule has 1 atom stereocenters. The van der Waals surface area contributed by atoms with E-state index in [-0.39, 0.29) is 6.10 Å². The minimum Gasteiger partial charge on any atom is -0.445 e. The highest BCUT2D eigenvalue weighted by Crippen LogP contribution is 2.29. The van der Waals surface area contributed by atoms with Crippen LogP contribution in [0.5, 0.6) is 0 Å². The lowest BCUT2D eigenvalue weighted by Gasteiger charge is -2.21. The first-order valence-corrected chi connectivity index (χ1v) is 6.16. The second-order valence-electron chi connectivity index (χ2n) is 4.20. The number of oxazole rings is 1. The van der Waals surface area contributed by atoms with Crippen LogP contribution in [0.15, 0.2) is 10.8 Å². The van der Waals surface area contributed by atoms with Crippen LogP contribution in [-0.4, -0.2) is 18.1 Å². The molecular formula is C12H20N2O2. The summed E-state index contributed by atoms with van der Waals surface area (Å²) in [5.41, 5.74) is 1.00. The van der Waals surface area contributed by atoms with Crippen LogP contribution in [0.2, 0.25) is 0 Å². The van der Waals surface area contributed by atoms with Crippen LogP contribution < -0.4 is 5.32 Å². The van der Waals surface area contributed by atoms with Crippen molar-refractivity contribution in [3.63, 3.8) is 0 Å². The second kappa shape index (κ2) is 6.01. The van der Waals surface area contributed by atoms with E-state index in [9.17, 15) is 0 Å². The van der Waals surface area contributed by atoms with E-state index >= 15 is 0 Å². The Balaban J connectivity index is 1.94. The highest BCUT2D eigenvalue weighted by atomic mass is 16.5. The molecule has 0 saturated carbocycles. The van der Waals surface area contributed by atoms with Gasteiger partial charge in [0.25, 0.3) is 0 Å². The van der Waals surface area contributed by atoms with E-state index in [0.717, 1.165) is 50.4 Å². The van der Waals surface area contributed by atoms with Gasteiger partial charge >= 0.3 is 0 Å². The summed E-state index contributed by atoms with van der Waals surface area (Å²) in [4.78, 5) is 4.25. The van der Waals surface area contributed by atoms with Gasteiger partial charge in [0, 0.05) is 13.2 Å². The lowest BCUT2D eigenvalue weighted by molar-refractivity contribution is 0.00113. The molecule has 1 fully saturated rings. The van der Waals surface area contributed by atoms with Crippen molar-refractivity contribution >= 4 is 0 Å². The summed E-state index contributed by atoms with van der Waals surface area (Å²) < 4.78 is 11.2. The molecule has 4 heteroatoms. The zero-order chi connectivity index (χ0) is 11.2. The van der Waals surface area contributed by atoms with Gasteiger partial charge in [-0.2, -0.15) is 0 Å². The average Bonchev–Trinajstić information content (AvgIpc) is 2.79. The first-order valence-electron chi connectivity index (χ1n) is 6.16. The van der Waals surface area contributed by atoms with Gasteiger partial charge in [-0.25, -0.2) is 4.98 Å². The van der Waals surface area contributed by atoms with E-state index in [2.05, 4.69) is 17.2 Å². The Morgan fingerprint density at radius 1 is 1.50 bits per heavy atom. The SMILES string of the molecule is CCCNCc1ncoc1C1CCCCO1. The van der Waals surface area contributed by atoms with E-state index < -0.39 is 0 Å². The van der Waals surface area contributed by atoms with Crippen LogP contribution >= 0.6 is 0 Å². The quantitative estimate of drug-likeness (QED) is 0.780. The summed E-state index contributed by atoms with van der Waals surface area (Å²) in [7, 11) is 0. The third-order valence-corrected chi connectivity index (χ3v) is 2.86. The van der Waals surface area contributed by atoms with Crippen LogP contribution in [-0.2, 0) is 11.3 Å². The number of nitrogens with one attached hydrogen (secondary N) is 1. The van der Waals surface area contributed by atoms with Crippen molar-refractivity contribution in [3.05, 3.63) is 17.8 Å². The van der Waals surface area contributed by atoms with Crippen molar-refractivity contribution in [1.82, 2.24) is 10.3 Å². The van der Waals surface area contributed by atoms with Crippen molar-refractivity contribution < 1.29 is 9.15 Å². The van der Waals surface area contributed by atoms with E-state index in [1.807, 2.05) is 0 Å². The molecule has 0 aromatic carbocycles. The molecule has 1 aromatic heterocycles. The Morgan fingerprint density at radius 2 is 2.44 bits per heavy atom. The maximum Gasteiger partial charge on any atom is 0.181 e. The summed E-state index contributed by atoms with van der Waals surface area (Å²) >= 11 is 0. The second-order valence-corrected chi connectivity index (χ2v) is 4.20. The first-order chi connectivity index (χ1) is 7.92. The van der Waals surface area contributed by atoms with Gasteiger partial charge in [0.15, 0.2) is 12.2 Å². The third kappa shape index (κ3) is 2.83. The molecular weight excluding hydrogens is 204 g/mol. The number of nitrogens with zero attached hydrogens (tertiary/aromatic N) is 1. The molecule has 1 aliphatic heterocycles. The summed E-state index contributed by atoms with van der Waals surface area (Å²) in [5, 5.41) is 3.34. The Morgan fingerprint density at radius 3 is 3.19 bits per heavy atom. The van der Waals surface area contributed by atoms with Crippen molar-refractivity contribution in [2.75, 3.05) is 13.2 Å². The van der Waals surface area contributed by atoms with E-state index in [4.69, 9.17) is 9.15 Å². The molecule has 2 rings (SSSR count). The van der Waals surface area contributed by atoms with Crippen LogP contribution in [0.25, 0.3) is 0 Å². The fourth-order valence-corrected chi connectivity index (χ4v) is 2.00. The van der Waals surface area contributed by atoms with Crippen molar-refractivity contribution in [2.45, 2.75) is 45.3 Å². The van der Waals surface area contributed by atoms with Crippen LogP contribution in [0, 0.1) is 0 Å².